The first kappa shape index (κ1) is 12.5. The number of hydrogen-bond acceptors (Lipinski definition) is 2. The highest BCUT2D eigenvalue weighted by Crippen LogP contribution is 2.14. The topological polar surface area (TPSA) is 36.2 Å². The fraction of sp³-hybridized carbons (Fsp3) is 0.0769. The third kappa shape index (κ3) is 4.07. The predicted octanol–water partition coefficient (Wildman–Crippen LogP) is 3.96. The second-order valence-electron chi connectivity index (χ2n) is 3.47. The summed E-state index contributed by atoms with van der Waals surface area (Å²) in [6.45, 7) is 0. The highest BCUT2D eigenvalue weighted by molar-refractivity contribution is 9.10. The van der Waals surface area contributed by atoms with E-state index in [1.54, 1.807) is 23.8 Å². The van der Waals surface area contributed by atoms with Crippen molar-refractivity contribution in [2.24, 2.45) is 0 Å². The minimum Gasteiger partial charge on any atom is -0.612 e. The van der Waals surface area contributed by atoms with Crippen LogP contribution in [0.5, 0.6) is 0 Å². The van der Waals surface area contributed by atoms with E-state index in [4.69, 9.17) is 4.42 Å². The molecule has 0 saturated heterocycles. The van der Waals surface area contributed by atoms with Crippen LogP contribution >= 0.6 is 15.9 Å². The molecule has 0 amide bonds. The van der Waals surface area contributed by atoms with Crippen molar-refractivity contribution >= 4 is 33.2 Å². The van der Waals surface area contributed by atoms with Crippen LogP contribution in [0.4, 0.5) is 0 Å². The molecule has 1 aromatic carbocycles. The highest BCUT2D eigenvalue weighted by Gasteiger charge is 2.04. The zero-order valence-electron chi connectivity index (χ0n) is 9.01. The van der Waals surface area contributed by atoms with Crippen molar-refractivity contribution in [2.75, 3.05) is 0 Å². The lowest BCUT2D eigenvalue weighted by atomic mass is 10.2. The monoisotopic (exact) mass is 310 g/mol. The lowest BCUT2D eigenvalue weighted by Gasteiger charge is -2.05. The van der Waals surface area contributed by atoms with Crippen LogP contribution in [0.3, 0.4) is 0 Å². The van der Waals surface area contributed by atoms with Crippen LogP contribution in [0.15, 0.2) is 57.0 Å². The maximum absolute atomic E-state index is 11.8. The van der Waals surface area contributed by atoms with Crippen molar-refractivity contribution in [1.29, 1.82) is 0 Å². The van der Waals surface area contributed by atoms with E-state index < -0.39 is 11.2 Å². The third-order valence-electron chi connectivity index (χ3n) is 2.15. The van der Waals surface area contributed by atoms with Gasteiger partial charge in [-0.1, -0.05) is 28.1 Å². The SMILES string of the molecule is [O-][S+](/C=C/c1ccco1)Cc1ccc(Br)cc1. The molecule has 0 radical (unpaired) electrons. The number of rotatable bonds is 4. The van der Waals surface area contributed by atoms with Crippen LogP contribution in [-0.4, -0.2) is 4.55 Å². The van der Waals surface area contributed by atoms with Gasteiger partial charge in [-0.2, -0.15) is 0 Å². The Labute approximate surface area is 112 Å². The summed E-state index contributed by atoms with van der Waals surface area (Å²) in [5.74, 6) is 1.24. The summed E-state index contributed by atoms with van der Waals surface area (Å²) < 4.78 is 17.9. The highest BCUT2D eigenvalue weighted by atomic mass is 79.9. The number of furan rings is 1. The summed E-state index contributed by atoms with van der Waals surface area (Å²) in [7, 11) is 0. The lowest BCUT2D eigenvalue weighted by Crippen LogP contribution is -1.99. The predicted molar refractivity (Wildman–Crippen MR) is 73.7 cm³/mol. The minimum absolute atomic E-state index is 0.518. The first-order chi connectivity index (χ1) is 8.24. The van der Waals surface area contributed by atoms with Crippen molar-refractivity contribution in [2.45, 2.75) is 5.75 Å². The first-order valence-corrected chi connectivity index (χ1v) is 7.25. The Balaban J connectivity index is 1.93. The fourth-order valence-electron chi connectivity index (χ4n) is 1.32. The van der Waals surface area contributed by atoms with Crippen LogP contribution in [0.1, 0.15) is 11.3 Å². The maximum Gasteiger partial charge on any atom is 0.135 e. The molecular weight excluding hydrogens is 300 g/mol. The van der Waals surface area contributed by atoms with Gasteiger partial charge in [0.05, 0.1) is 6.26 Å². The summed E-state index contributed by atoms with van der Waals surface area (Å²) in [6.07, 6.45) is 3.33. The van der Waals surface area contributed by atoms with Gasteiger partial charge < -0.3 is 8.97 Å². The molecule has 2 rings (SSSR count). The summed E-state index contributed by atoms with van der Waals surface area (Å²) in [5.41, 5.74) is 1.05. The molecule has 0 aliphatic heterocycles. The minimum atomic E-state index is -1.02. The Kier molecular flexibility index (Phi) is 4.48. The molecule has 2 nitrogen and oxygen atoms in total. The molecule has 2 aromatic rings. The van der Waals surface area contributed by atoms with Crippen LogP contribution in [0.2, 0.25) is 0 Å². The molecule has 0 spiro atoms. The van der Waals surface area contributed by atoms with E-state index in [1.165, 1.54) is 0 Å². The molecule has 0 bridgehead atoms. The van der Waals surface area contributed by atoms with E-state index in [1.807, 2.05) is 30.3 Å². The van der Waals surface area contributed by atoms with Gasteiger partial charge in [0.2, 0.25) is 0 Å². The van der Waals surface area contributed by atoms with Gasteiger partial charge >= 0.3 is 0 Å². The van der Waals surface area contributed by atoms with Gasteiger partial charge in [-0.15, -0.1) is 0 Å². The standard InChI is InChI=1S/C13H11BrO2S/c14-12-5-3-11(4-6-12)10-17(15)9-7-13-2-1-8-16-13/h1-9H,10H2/b9-7+. The summed E-state index contributed by atoms with van der Waals surface area (Å²) in [4.78, 5) is 0. The van der Waals surface area contributed by atoms with Gasteiger partial charge in [0, 0.05) is 16.1 Å². The zero-order valence-corrected chi connectivity index (χ0v) is 11.4. The molecule has 0 aliphatic rings. The van der Waals surface area contributed by atoms with Gasteiger partial charge in [-0.25, -0.2) is 0 Å². The Morgan fingerprint density at radius 2 is 2.00 bits per heavy atom. The van der Waals surface area contributed by atoms with Gasteiger partial charge in [0.15, 0.2) is 0 Å². The quantitative estimate of drug-likeness (QED) is 0.801. The largest absolute Gasteiger partial charge is 0.612 e. The summed E-state index contributed by atoms with van der Waals surface area (Å²) in [5, 5.41) is 1.65. The average molecular weight is 311 g/mol. The van der Waals surface area contributed by atoms with Gasteiger partial charge in [0.1, 0.15) is 16.9 Å². The van der Waals surface area contributed by atoms with Crippen LogP contribution < -0.4 is 0 Å². The van der Waals surface area contributed by atoms with Crippen molar-refractivity contribution < 1.29 is 8.97 Å². The Hall–Kier alpha value is -0.970. The van der Waals surface area contributed by atoms with Crippen LogP contribution in [0, 0.1) is 0 Å². The second-order valence-corrected chi connectivity index (χ2v) is 5.71. The summed E-state index contributed by atoms with van der Waals surface area (Å²) in [6, 6.07) is 11.4. The van der Waals surface area contributed by atoms with Gasteiger partial charge in [-0.05, 0) is 35.4 Å². The van der Waals surface area contributed by atoms with E-state index in [9.17, 15) is 4.55 Å². The molecule has 0 aliphatic carbocycles. The van der Waals surface area contributed by atoms with E-state index in [0.717, 1.165) is 10.0 Å². The number of benzene rings is 1. The fourth-order valence-corrected chi connectivity index (χ4v) is 2.49. The van der Waals surface area contributed by atoms with Crippen LogP contribution in [0.25, 0.3) is 6.08 Å². The second kappa shape index (κ2) is 6.10. The van der Waals surface area contributed by atoms with Crippen molar-refractivity contribution in [3.8, 4) is 0 Å². The maximum atomic E-state index is 11.8. The molecule has 1 unspecified atom stereocenters. The van der Waals surface area contributed by atoms with Gasteiger partial charge in [0.25, 0.3) is 0 Å². The number of halogens is 1. The Morgan fingerprint density at radius 1 is 1.24 bits per heavy atom. The molecule has 1 heterocycles. The third-order valence-corrected chi connectivity index (χ3v) is 3.74. The molecule has 88 valence electrons. The average Bonchev–Trinajstić information content (AvgIpc) is 2.83. The van der Waals surface area contributed by atoms with Crippen molar-refractivity contribution in [3.63, 3.8) is 0 Å². The van der Waals surface area contributed by atoms with Crippen LogP contribution in [-0.2, 0) is 16.9 Å². The zero-order chi connectivity index (χ0) is 12.1. The number of hydrogen-bond donors (Lipinski definition) is 0. The summed E-state index contributed by atoms with van der Waals surface area (Å²) >= 11 is 2.35. The molecule has 0 fully saturated rings. The smallest absolute Gasteiger partial charge is 0.135 e. The van der Waals surface area contributed by atoms with Crippen molar-refractivity contribution in [1.82, 2.24) is 0 Å². The molecule has 0 N–H and O–H groups in total. The molecule has 1 aromatic heterocycles. The first-order valence-electron chi connectivity index (χ1n) is 5.07. The normalized spacial score (nSPS) is 13.1. The molecule has 1 atom stereocenters. The van der Waals surface area contributed by atoms with E-state index in [-0.39, 0.29) is 0 Å². The van der Waals surface area contributed by atoms with E-state index >= 15 is 0 Å². The lowest BCUT2D eigenvalue weighted by molar-refractivity contribution is 0.557. The van der Waals surface area contributed by atoms with Crippen molar-refractivity contribution in [3.05, 3.63) is 63.9 Å². The van der Waals surface area contributed by atoms with E-state index in [0.29, 0.717) is 11.5 Å². The Morgan fingerprint density at radius 3 is 2.65 bits per heavy atom. The van der Waals surface area contributed by atoms with Gasteiger partial charge in [-0.3, -0.25) is 0 Å². The molecule has 17 heavy (non-hydrogen) atoms. The molecule has 4 heteroatoms. The Bertz CT molecular complexity index is 477. The van der Waals surface area contributed by atoms with E-state index in [2.05, 4.69) is 15.9 Å². The molecular formula is C13H11BrO2S. The molecule has 0 saturated carbocycles.